The molecule has 0 bridgehead atoms. The second-order valence-electron chi connectivity index (χ2n) is 7.01. The van der Waals surface area contributed by atoms with Crippen LogP contribution in [0.4, 0.5) is 17.6 Å². The van der Waals surface area contributed by atoms with Crippen LogP contribution in [-0.4, -0.2) is 10.2 Å². The monoisotopic (exact) mass is 414 g/mol. The van der Waals surface area contributed by atoms with Gasteiger partial charge in [-0.25, -0.2) is 8.78 Å². The summed E-state index contributed by atoms with van der Waals surface area (Å²) in [4.78, 5) is 0. The summed E-state index contributed by atoms with van der Waals surface area (Å²) in [5, 5.41) is 17.8. The number of aromatic hydroxyl groups is 2. The summed E-state index contributed by atoms with van der Waals surface area (Å²) in [5.74, 6) is -5.35. The molecule has 2 aromatic rings. The molecule has 0 aliphatic heterocycles. The molecule has 0 saturated heterocycles. The Kier molecular flexibility index (Phi) is 11.2. The largest absolute Gasteiger partial charge is 0.505 e. The Morgan fingerprint density at radius 3 is 1.34 bits per heavy atom. The maximum Gasteiger partial charge on any atom is 0.200 e. The van der Waals surface area contributed by atoms with Gasteiger partial charge >= 0.3 is 0 Å². The predicted molar refractivity (Wildman–Crippen MR) is 107 cm³/mol. The minimum Gasteiger partial charge on any atom is -0.505 e. The highest BCUT2D eigenvalue weighted by Crippen LogP contribution is 2.23. The minimum atomic E-state index is -1.14. The lowest BCUT2D eigenvalue weighted by Gasteiger charge is -2.04. The predicted octanol–water partition coefficient (Wildman–Crippen LogP) is 7.20. The van der Waals surface area contributed by atoms with E-state index in [4.69, 9.17) is 10.2 Å². The van der Waals surface area contributed by atoms with Crippen LogP contribution in [0.5, 0.6) is 11.5 Å². The molecule has 0 atom stereocenters. The maximum absolute atomic E-state index is 13.2. The molecule has 0 aromatic heterocycles. The van der Waals surface area contributed by atoms with Gasteiger partial charge < -0.3 is 10.2 Å². The van der Waals surface area contributed by atoms with Gasteiger partial charge in [0.25, 0.3) is 0 Å². The zero-order valence-corrected chi connectivity index (χ0v) is 17.1. The van der Waals surface area contributed by atoms with E-state index in [2.05, 4.69) is 6.92 Å². The van der Waals surface area contributed by atoms with Gasteiger partial charge in [0.05, 0.1) is 0 Å². The van der Waals surface area contributed by atoms with Crippen LogP contribution in [0.25, 0.3) is 0 Å². The van der Waals surface area contributed by atoms with Crippen molar-refractivity contribution < 1.29 is 27.8 Å². The summed E-state index contributed by atoms with van der Waals surface area (Å²) in [6.07, 6.45) is 8.06. The van der Waals surface area contributed by atoms with Gasteiger partial charge in [-0.1, -0.05) is 58.1 Å². The molecule has 0 heterocycles. The first-order valence-electron chi connectivity index (χ1n) is 10.1. The third kappa shape index (κ3) is 7.95. The normalized spacial score (nSPS) is 10.6. The molecular formula is C23H30F4O2. The van der Waals surface area contributed by atoms with Gasteiger partial charge in [-0.2, -0.15) is 8.78 Å². The van der Waals surface area contributed by atoms with Gasteiger partial charge in [-0.3, -0.25) is 0 Å². The average Bonchev–Trinajstić information content (AvgIpc) is 2.71. The highest BCUT2D eigenvalue weighted by Gasteiger charge is 2.12. The lowest BCUT2D eigenvalue weighted by Crippen LogP contribution is -1.95. The van der Waals surface area contributed by atoms with E-state index in [9.17, 15) is 17.6 Å². The molecule has 0 aliphatic rings. The molecular weight excluding hydrogens is 384 g/mol. The highest BCUT2D eigenvalue weighted by molar-refractivity contribution is 5.30. The van der Waals surface area contributed by atoms with E-state index in [0.717, 1.165) is 44.9 Å². The first-order valence-corrected chi connectivity index (χ1v) is 10.1. The number of phenols is 2. The summed E-state index contributed by atoms with van der Waals surface area (Å²) in [6, 6.07) is 5.27. The van der Waals surface area contributed by atoms with Crippen LogP contribution in [0.2, 0.25) is 0 Å². The van der Waals surface area contributed by atoms with Crippen LogP contribution in [0.3, 0.4) is 0 Å². The standard InChI is InChI=1S/C12H16F2O.C11H14F2O/c1-2-3-4-5-6-9-7-8-10(15)12(14)11(9)13;1-2-3-4-5-8-6-7-9(14)11(13)10(8)12/h7-8,15H,2-6H2,1H3;6-7,14H,2-5H2,1H3. The molecule has 0 unspecified atom stereocenters. The topological polar surface area (TPSA) is 40.5 Å². The van der Waals surface area contributed by atoms with E-state index in [0.29, 0.717) is 24.0 Å². The van der Waals surface area contributed by atoms with E-state index in [1.807, 2.05) is 6.92 Å². The number of aryl methyl sites for hydroxylation is 2. The second-order valence-corrected chi connectivity index (χ2v) is 7.01. The van der Waals surface area contributed by atoms with Gasteiger partial charge in [0.2, 0.25) is 11.6 Å². The first-order chi connectivity index (χ1) is 13.8. The van der Waals surface area contributed by atoms with Gasteiger partial charge in [0.1, 0.15) is 0 Å². The van der Waals surface area contributed by atoms with Crippen LogP contribution in [0, 0.1) is 23.3 Å². The van der Waals surface area contributed by atoms with Crippen molar-refractivity contribution in [2.45, 2.75) is 71.6 Å². The molecule has 0 spiro atoms. The number of phenolic OH excluding ortho intramolecular Hbond substituents is 2. The maximum atomic E-state index is 13.2. The molecule has 6 heteroatoms. The summed E-state index contributed by atoms with van der Waals surface area (Å²) in [5.41, 5.74) is 0.690. The molecule has 0 radical (unpaired) electrons. The summed E-state index contributed by atoms with van der Waals surface area (Å²) in [6.45, 7) is 4.15. The van der Waals surface area contributed by atoms with E-state index in [1.165, 1.54) is 24.3 Å². The van der Waals surface area contributed by atoms with Crippen molar-refractivity contribution in [3.8, 4) is 11.5 Å². The highest BCUT2D eigenvalue weighted by atomic mass is 19.2. The van der Waals surface area contributed by atoms with Crippen LogP contribution < -0.4 is 0 Å². The quantitative estimate of drug-likeness (QED) is 0.337. The van der Waals surface area contributed by atoms with Crippen LogP contribution in [0.15, 0.2) is 24.3 Å². The van der Waals surface area contributed by atoms with Gasteiger partial charge in [-0.15, -0.1) is 0 Å². The molecule has 0 fully saturated rings. The van der Waals surface area contributed by atoms with Crippen molar-refractivity contribution in [1.29, 1.82) is 0 Å². The number of benzene rings is 2. The molecule has 2 nitrogen and oxygen atoms in total. The van der Waals surface area contributed by atoms with Crippen molar-refractivity contribution in [1.82, 2.24) is 0 Å². The zero-order chi connectivity index (χ0) is 21.8. The fourth-order valence-corrected chi connectivity index (χ4v) is 2.85. The summed E-state index contributed by atoms with van der Waals surface area (Å²) >= 11 is 0. The SMILES string of the molecule is CCCCCCc1ccc(O)c(F)c1F.CCCCCc1ccc(O)c(F)c1F. The van der Waals surface area contributed by atoms with E-state index < -0.39 is 34.8 Å². The van der Waals surface area contributed by atoms with Gasteiger partial charge in [-0.05, 0) is 48.9 Å². The molecule has 2 aromatic carbocycles. The number of unbranched alkanes of at least 4 members (excludes halogenated alkanes) is 5. The van der Waals surface area contributed by atoms with Crippen LogP contribution in [0.1, 0.15) is 69.9 Å². The molecule has 0 aliphatic carbocycles. The summed E-state index contributed by atoms with van der Waals surface area (Å²) < 4.78 is 52.2. The Bertz CT molecular complexity index is 763. The number of halogens is 4. The van der Waals surface area contributed by atoms with Crippen molar-refractivity contribution in [3.05, 3.63) is 58.7 Å². The van der Waals surface area contributed by atoms with Crippen molar-refractivity contribution in [3.63, 3.8) is 0 Å². The lowest BCUT2D eigenvalue weighted by molar-refractivity contribution is 0.403. The Labute approximate surface area is 170 Å². The lowest BCUT2D eigenvalue weighted by atomic mass is 10.1. The molecule has 2 N–H and O–H groups in total. The third-order valence-electron chi connectivity index (χ3n) is 4.63. The molecule has 0 amide bonds. The smallest absolute Gasteiger partial charge is 0.200 e. The van der Waals surface area contributed by atoms with Crippen LogP contribution >= 0.6 is 0 Å². The third-order valence-corrected chi connectivity index (χ3v) is 4.63. The fraction of sp³-hybridized carbons (Fsp3) is 0.478. The average molecular weight is 414 g/mol. The minimum absolute atomic E-state index is 0.341. The number of rotatable bonds is 9. The summed E-state index contributed by atoms with van der Waals surface area (Å²) in [7, 11) is 0. The second kappa shape index (κ2) is 13.1. The van der Waals surface area contributed by atoms with Crippen molar-refractivity contribution in [2.75, 3.05) is 0 Å². The zero-order valence-electron chi connectivity index (χ0n) is 17.1. The molecule has 29 heavy (non-hydrogen) atoms. The Morgan fingerprint density at radius 2 is 0.931 bits per heavy atom. The Balaban J connectivity index is 0.000000291. The molecule has 0 saturated carbocycles. The molecule has 2 rings (SSSR count). The van der Waals surface area contributed by atoms with Crippen molar-refractivity contribution in [2.24, 2.45) is 0 Å². The van der Waals surface area contributed by atoms with Gasteiger partial charge in [0.15, 0.2) is 23.1 Å². The fourth-order valence-electron chi connectivity index (χ4n) is 2.85. The molecule has 162 valence electrons. The van der Waals surface area contributed by atoms with E-state index in [1.54, 1.807) is 0 Å². The van der Waals surface area contributed by atoms with Crippen molar-refractivity contribution >= 4 is 0 Å². The van der Waals surface area contributed by atoms with E-state index in [-0.39, 0.29) is 0 Å². The Hall–Kier alpha value is -2.24. The van der Waals surface area contributed by atoms with Gasteiger partial charge in [0, 0.05) is 0 Å². The number of hydrogen-bond acceptors (Lipinski definition) is 2. The van der Waals surface area contributed by atoms with E-state index >= 15 is 0 Å². The Morgan fingerprint density at radius 1 is 0.552 bits per heavy atom. The van der Waals surface area contributed by atoms with Crippen LogP contribution in [-0.2, 0) is 12.8 Å². The number of hydrogen-bond donors (Lipinski definition) is 2. The first kappa shape index (κ1) is 24.8.